The van der Waals surface area contributed by atoms with E-state index in [1.165, 1.54) is 5.56 Å². The van der Waals surface area contributed by atoms with Gasteiger partial charge in [0.15, 0.2) is 11.0 Å². The van der Waals surface area contributed by atoms with Gasteiger partial charge in [-0.05, 0) is 41.3 Å². The quantitative estimate of drug-likeness (QED) is 0.421. The van der Waals surface area contributed by atoms with Crippen molar-refractivity contribution in [1.29, 1.82) is 0 Å². The van der Waals surface area contributed by atoms with Crippen molar-refractivity contribution in [2.45, 2.75) is 17.5 Å². The number of ether oxygens (including phenoxy) is 1. The van der Waals surface area contributed by atoms with Gasteiger partial charge in [-0.2, -0.15) is 0 Å². The van der Waals surface area contributed by atoms with E-state index in [4.69, 9.17) is 4.74 Å². The first-order valence-corrected chi connectivity index (χ1v) is 10.3. The Morgan fingerprint density at radius 2 is 1.93 bits per heavy atom. The van der Waals surface area contributed by atoms with Gasteiger partial charge in [-0.1, -0.05) is 36.0 Å². The number of rotatable bonds is 7. The maximum atomic E-state index is 5.78. The summed E-state index contributed by atoms with van der Waals surface area (Å²) in [5.41, 5.74) is 2.13. The van der Waals surface area contributed by atoms with Gasteiger partial charge in [0, 0.05) is 19.0 Å². The van der Waals surface area contributed by atoms with Crippen molar-refractivity contribution in [3.63, 3.8) is 0 Å². The molecule has 0 radical (unpaired) electrons. The van der Waals surface area contributed by atoms with Crippen LogP contribution in [0.25, 0.3) is 10.7 Å². The van der Waals surface area contributed by atoms with Crippen LogP contribution in [0.3, 0.4) is 0 Å². The minimum absolute atomic E-state index is 0.472. The molecule has 0 aliphatic carbocycles. The van der Waals surface area contributed by atoms with E-state index in [1.807, 2.05) is 53.4 Å². The molecule has 4 rings (SSSR count). The first-order chi connectivity index (χ1) is 13.3. The maximum Gasteiger partial charge on any atom is 0.191 e. The van der Waals surface area contributed by atoms with Crippen molar-refractivity contribution in [2.75, 3.05) is 0 Å². The monoisotopic (exact) mass is 394 g/mol. The second-order valence-electron chi connectivity index (χ2n) is 5.88. The van der Waals surface area contributed by atoms with E-state index < -0.39 is 0 Å². The lowest BCUT2D eigenvalue weighted by molar-refractivity contribution is 0.301. The highest BCUT2D eigenvalue weighted by atomic mass is 32.2. The van der Waals surface area contributed by atoms with Crippen molar-refractivity contribution in [1.82, 2.24) is 19.7 Å². The van der Waals surface area contributed by atoms with Crippen molar-refractivity contribution >= 4 is 23.1 Å². The molecule has 3 heterocycles. The zero-order chi connectivity index (χ0) is 18.5. The third-order valence-corrected chi connectivity index (χ3v) is 5.94. The number of hydrogen-bond acceptors (Lipinski definition) is 6. The van der Waals surface area contributed by atoms with Crippen molar-refractivity contribution in [3.05, 3.63) is 77.4 Å². The third-order valence-electron chi connectivity index (χ3n) is 3.98. The molecule has 0 unspecified atom stereocenters. The Morgan fingerprint density at radius 3 is 2.67 bits per heavy atom. The smallest absolute Gasteiger partial charge is 0.191 e. The highest BCUT2D eigenvalue weighted by Crippen LogP contribution is 2.28. The molecule has 0 aliphatic heterocycles. The van der Waals surface area contributed by atoms with Crippen LogP contribution in [-0.2, 0) is 19.4 Å². The number of benzene rings is 1. The zero-order valence-electron chi connectivity index (χ0n) is 14.8. The van der Waals surface area contributed by atoms with Gasteiger partial charge in [-0.3, -0.25) is 4.98 Å². The first-order valence-electron chi connectivity index (χ1n) is 8.47. The van der Waals surface area contributed by atoms with Gasteiger partial charge < -0.3 is 9.30 Å². The average molecular weight is 395 g/mol. The lowest BCUT2D eigenvalue weighted by Gasteiger charge is -2.07. The molecule has 0 saturated carbocycles. The van der Waals surface area contributed by atoms with Gasteiger partial charge in [-0.15, -0.1) is 21.5 Å². The lowest BCUT2D eigenvalue weighted by Crippen LogP contribution is -1.97. The second kappa shape index (κ2) is 8.37. The van der Waals surface area contributed by atoms with E-state index in [0.717, 1.165) is 33.1 Å². The van der Waals surface area contributed by atoms with E-state index >= 15 is 0 Å². The summed E-state index contributed by atoms with van der Waals surface area (Å²) in [6.45, 7) is 0.472. The van der Waals surface area contributed by atoms with Crippen LogP contribution >= 0.6 is 23.1 Å². The van der Waals surface area contributed by atoms with E-state index in [0.29, 0.717) is 6.61 Å². The highest BCUT2D eigenvalue weighted by Gasteiger charge is 2.12. The summed E-state index contributed by atoms with van der Waals surface area (Å²) in [6, 6.07) is 18.1. The molecular weight excluding hydrogens is 376 g/mol. The molecule has 0 fully saturated rings. The molecule has 0 bridgehead atoms. The Bertz CT molecular complexity index is 983. The molecule has 1 aromatic carbocycles. The van der Waals surface area contributed by atoms with Gasteiger partial charge in [0.05, 0.1) is 10.6 Å². The van der Waals surface area contributed by atoms with E-state index in [2.05, 4.69) is 33.4 Å². The SMILES string of the molecule is Cn1c(SCc2ccc(OCc3ccccn3)cc2)nnc1-c1cccs1. The zero-order valence-corrected chi connectivity index (χ0v) is 16.4. The summed E-state index contributed by atoms with van der Waals surface area (Å²) < 4.78 is 7.82. The first kappa shape index (κ1) is 17.8. The molecule has 5 nitrogen and oxygen atoms in total. The summed E-state index contributed by atoms with van der Waals surface area (Å²) in [5.74, 6) is 2.58. The fourth-order valence-electron chi connectivity index (χ4n) is 2.53. The Balaban J connectivity index is 1.34. The molecule has 0 aliphatic rings. The Kier molecular flexibility index (Phi) is 5.50. The molecule has 0 amide bonds. The number of pyridine rings is 1. The van der Waals surface area contributed by atoms with Crippen molar-refractivity contribution < 1.29 is 4.74 Å². The Morgan fingerprint density at radius 1 is 1.04 bits per heavy atom. The molecule has 0 N–H and O–H groups in total. The minimum Gasteiger partial charge on any atom is -0.487 e. The Hall–Kier alpha value is -2.64. The summed E-state index contributed by atoms with van der Waals surface area (Å²) in [4.78, 5) is 5.39. The van der Waals surface area contributed by atoms with E-state index in [-0.39, 0.29) is 0 Å². The Labute approximate surface area is 166 Å². The summed E-state index contributed by atoms with van der Waals surface area (Å²) >= 11 is 3.35. The van der Waals surface area contributed by atoms with Gasteiger partial charge >= 0.3 is 0 Å². The van der Waals surface area contributed by atoms with Crippen LogP contribution in [0.5, 0.6) is 5.75 Å². The topological polar surface area (TPSA) is 52.8 Å². The minimum atomic E-state index is 0.472. The van der Waals surface area contributed by atoms with Crippen LogP contribution in [0, 0.1) is 0 Å². The lowest BCUT2D eigenvalue weighted by atomic mass is 10.2. The predicted molar refractivity (Wildman–Crippen MR) is 109 cm³/mol. The van der Waals surface area contributed by atoms with Crippen LogP contribution in [-0.4, -0.2) is 19.7 Å². The van der Waals surface area contributed by atoms with Crippen molar-refractivity contribution in [3.8, 4) is 16.5 Å². The molecule has 0 saturated heterocycles. The van der Waals surface area contributed by atoms with Gasteiger partial charge in [-0.25, -0.2) is 0 Å². The van der Waals surface area contributed by atoms with Gasteiger partial charge in [0.1, 0.15) is 12.4 Å². The summed E-state index contributed by atoms with van der Waals surface area (Å²) in [6.07, 6.45) is 1.77. The number of aromatic nitrogens is 4. The number of hydrogen-bond donors (Lipinski definition) is 0. The van der Waals surface area contributed by atoms with Crippen molar-refractivity contribution in [2.24, 2.45) is 7.05 Å². The number of thiophene rings is 1. The van der Waals surface area contributed by atoms with Crippen LogP contribution in [0.4, 0.5) is 0 Å². The van der Waals surface area contributed by atoms with Crippen LogP contribution in [0.15, 0.2) is 71.3 Å². The number of nitrogens with zero attached hydrogens (tertiary/aromatic N) is 4. The predicted octanol–water partition coefficient (Wildman–Crippen LogP) is 4.81. The molecule has 4 aromatic rings. The van der Waals surface area contributed by atoms with E-state index in [1.54, 1.807) is 29.3 Å². The molecule has 0 atom stereocenters. The second-order valence-corrected chi connectivity index (χ2v) is 7.78. The molecule has 3 aromatic heterocycles. The van der Waals surface area contributed by atoms with Crippen LogP contribution in [0.1, 0.15) is 11.3 Å². The molecule has 7 heteroatoms. The summed E-state index contributed by atoms with van der Waals surface area (Å²) in [5, 5.41) is 11.6. The normalized spacial score (nSPS) is 10.9. The van der Waals surface area contributed by atoms with Gasteiger partial charge in [0.25, 0.3) is 0 Å². The molecular formula is C20H18N4OS2. The fraction of sp³-hybridized carbons (Fsp3) is 0.150. The van der Waals surface area contributed by atoms with Gasteiger partial charge in [0.2, 0.25) is 0 Å². The standard InChI is InChI=1S/C20H18N4OS2/c1-24-19(18-6-4-12-26-18)22-23-20(24)27-14-15-7-9-17(10-8-15)25-13-16-5-2-3-11-21-16/h2-12H,13-14H2,1H3. The molecule has 0 spiro atoms. The number of thioether (sulfide) groups is 1. The van der Waals surface area contributed by atoms with E-state index in [9.17, 15) is 0 Å². The van der Waals surface area contributed by atoms with Crippen LogP contribution < -0.4 is 4.74 Å². The highest BCUT2D eigenvalue weighted by molar-refractivity contribution is 7.98. The average Bonchev–Trinajstić information content (AvgIpc) is 3.36. The molecule has 27 heavy (non-hydrogen) atoms. The summed E-state index contributed by atoms with van der Waals surface area (Å²) in [7, 11) is 2.01. The fourth-order valence-corrected chi connectivity index (χ4v) is 4.14. The van der Waals surface area contributed by atoms with Crippen LogP contribution in [0.2, 0.25) is 0 Å². The maximum absolute atomic E-state index is 5.78. The molecule has 136 valence electrons. The largest absolute Gasteiger partial charge is 0.487 e. The third kappa shape index (κ3) is 4.37.